The number of benzene rings is 4. The second-order valence-corrected chi connectivity index (χ2v) is 15.1. The molecule has 0 N–H and O–H groups in total. The molecule has 4 aromatic carbocycles. The fourth-order valence-corrected chi connectivity index (χ4v) is 11.0. The van der Waals surface area contributed by atoms with Crippen LogP contribution >= 0.6 is 16.0 Å². The zero-order valence-corrected chi connectivity index (χ0v) is 24.6. The number of allylic oxidation sites excluding steroid dienone is 2. The molecule has 1 aliphatic rings. The van der Waals surface area contributed by atoms with E-state index in [1.165, 1.54) is 26.5 Å². The molecule has 1 unspecified atom stereocenters. The minimum Gasteiger partial charge on any atom is -0.266 e. The number of rotatable bonds is 8. The summed E-state index contributed by atoms with van der Waals surface area (Å²) in [4.78, 5) is 0. The number of nitrogens with zero attached hydrogens (tertiary/aromatic N) is 1. The van der Waals surface area contributed by atoms with E-state index in [4.69, 9.17) is 0 Å². The zero-order valence-electron chi connectivity index (χ0n) is 22.8. The third-order valence-electron chi connectivity index (χ3n) is 7.02. The predicted octanol–water partition coefficient (Wildman–Crippen LogP) is 7.73. The lowest BCUT2D eigenvalue weighted by Gasteiger charge is -2.48. The third kappa shape index (κ3) is 5.77. The molecule has 4 aromatic rings. The van der Waals surface area contributed by atoms with E-state index in [0.29, 0.717) is 12.0 Å². The van der Waals surface area contributed by atoms with Crippen molar-refractivity contribution in [2.24, 2.45) is 5.92 Å². The summed E-state index contributed by atoms with van der Waals surface area (Å²) >= 11 is 0. The van der Waals surface area contributed by atoms with Crippen LogP contribution in [0.1, 0.15) is 27.7 Å². The Morgan fingerprint density at radius 3 is 1.39 bits per heavy atom. The van der Waals surface area contributed by atoms with Gasteiger partial charge in [0.05, 0.1) is 0 Å². The van der Waals surface area contributed by atoms with E-state index in [1.807, 2.05) is 0 Å². The van der Waals surface area contributed by atoms with Gasteiger partial charge in [-0.25, -0.2) is 0 Å². The highest BCUT2D eigenvalue weighted by Crippen LogP contribution is 2.54. The van der Waals surface area contributed by atoms with Gasteiger partial charge in [0.1, 0.15) is 0 Å². The lowest BCUT2D eigenvalue weighted by molar-refractivity contribution is 0.195. The summed E-state index contributed by atoms with van der Waals surface area (Å²) in [6.45, 7) is 9.59. The van der Waals surface area contributed by atoms with Crippen molar-refractivity contribution in [3.63, 3.8) is 0 Å². The maximum absolute atomic E-state index is 2.81. The average Bonchev–Trinajstić information content (AvgIpc) is 3.42. The van der Waals surface area contributed by atoms with Crippen LogP contribution in [-0.4, -0.2) is 16.3 Å². The summed E-state index contributed by atoms with van der Waals surface area (Å²) in [5, 5.41) is 7.16. The van der Waals surface area contributed by atoms with Gasteiger partial charge in [0.25, 0.3) is 0 Å². The van der Waals surface area contributed by atoms with Crippen LogP contribution in [0.3, 0.4) is 0 Å². The first-order valence-corrected chi connectivity index (χ1v) is 16.1. The zero-order chi connectivity index (χ0) is 26.5. The highest BCUT2D eigenvalue weighted by Gasteiger charge is 2.40. The van der Waals surface area contributed by atoms with Gasteiger partial charge < -0.3 is 0 Å². The summed E-state index contributed by atoms with van der Waals surface area (Å²) in [5.74, 6) is 0.332. The SMILES string of the molecule is C[C@H](C1C=CC=C1P(c1ccccc1)c1ccccc1)N(P(c1ccccc1)c1ccccc1)C(C)(C)C. The maximum Gasteiger partial charge on any atom is 0.0289 e. The number of hydrogen-bond acceptors (Lipinski definition) is 1. The lowest BCUT2D eigenvalue weighted by Crippen LogP contribution is -2.49. The van der Waals surface area contributed by atoms with Crippen LogP contribution in [0.2, 0.25) is 0 Å². The van der Waals surface area contributed by atoms with Crippen LogP contribution in [0.25, 0.3) is 0 Å². The molecule has 0 fully saturated rings. The first-order valence-electron chi connectivity index (χ1n) is 13.4. The predicted molar refractivity (Wildman–Crippen MR) is 170 cm³/mol. The Labute approximate surface area is 231 Å². The molecule has 0 aliphatic heterocycles. The van der Waals surface area contributed by atoms with E-state index in [0.717, 1.165) is 0 Å². The average molecular weight is 534 g/mol. The van der Waals surface area contributed by atoms with E-state index in [9.17, 15) is 0 Å². The molecule has 0 bridgehead atoms. The molecule has 1 nitrogen and oxygen atoms in total. The van der Waals surface area contributed by atoms with Crippen molar-refractivity contribution in [1.29, 1.82) is 0 Å². The van der Waals surface area contributed by atoms with Gasteiger partial charge in [-0.1, -0.05) is 140 Å². The van der Waals surface area contributed by atoms with Crippen LogP contribution in [0, 0.1) is 5.92 Å². The fraction of sp³-hybridized carbons (Fsp3) is 0.200. The van der Waals surface area contributed by atoms with E-state index in [2.05, 4.69) is 172 Å². The van der Waals surface area contributed by atoms with E-state index in [-0.39, 0.29) is 5.54 Å². The number of hydrogen-bond donors (Lipinski definition) is 0. The topological polar surface area (TPSA) is 3.24 Å². The molecule has 38 heavy (non-hydrogen) atoms. The standard InChI is InChI=1S/C35H37NP2/c1-28(36(35(2,3)4)38(31-22-13-7-14-23-31)32-24-15-8-16-25-32)33-26-17-27-34(33)37(29-18-9-5-10-19-29)30-20-11-6-12-21-30/h5-28,33H,1-4H3/t28-,33?/m1/s1. The summed E-state index contributed by atoms with van der Waals surface area (Å²) in [7, 11) is -1.36. The molecule has 0 heterocycles. The molecule has 0 saturated heterocycles. The first kappa shape index (κ1) is 26.8. The molecular weight excluding hydrogens is 496 g/mol. The Balaban J connectivity index is 1.60. The lowest BCUT2D eigenvalue weighted by atomic mass is 9.99. The van der Waals surface area contributed by atoms with Gasteiger partial charge in [-0.2, -0.15) is 0 Å². The Morgan fingerprint density at radius 1 is 0.605 bits per heavy atom. The molecule has 5 rings (SSSR count). The molecule has 1 aliphatic carbocycles. The molecule has 3 heteroatoms. The van der Waals surface area contributed by atoms with Crippen molar-refractivity contribution in [1.82, 2.24) is 4.67 Å². The second-order valence-electron chi connectivity index (χ2n) is 10.7. The van der Waals surface area contributed by atoms with Gasteiger partial charge in [0.2, 0.25) is 0 Å². The fourth-order valence-electron chi connectivity index (χ4n) is 5.50. The van der Waals surface area contributed by atoms with Gasteiger partial charge in [-0.3, -0.25) is 4.67 Å². The van der Waals surface area contributed by atoms with Crippen molar-refractivity contribution in [2.75, 3.05) is 0 Å². The van der Waals surface area contributed by atoms with Gasteiger partial charge in [-0.15, -0.1) is 0 Å². The minimum atomic E-state index is -0.725. The smallest absolute Gasteiger partial charge is 0.0289 e. The van der Waals surface area contributed by atoms with Crippen LogP contribution in [0.5, 0.6) is 0 Å². The summed E-state index contributed by atoms with van der Waals surface area (Å²) in [6.07, 6.45) is 7.15. The minimum absolute atomic E-state index is 0.0272. The van der Waals surface area contributed by atoms with Crippen LogP contribution in [0.4, 0.5) is 0 Å². The highest BCUT2D eigenvalue weighted by molar-refractivity contribution is 7.76. The molecule has 0 spiro atoms. The van der Waals surface area contributed by atoms with E-state index >= 15 is 0 Å². The van der Waals surface area contributed by atoms with E-state index in [1.54, 1.807) is 0 Å². The second kappa shape index (κ2) is 11.9. The van der Waals surface area contributed by atoms with Crippen LogP contribution in [-0.2, 0) is 0 Å². The molecule has 0 amide bonds. The Bertz CT molecular complexity index is 1280. The highest BCUT2D eigenvalue weighted by atomic mass is 31.1. The van der Waals surface area contributed by atoms with Crippen molar-refractivity contribution in [2.45, 2.75) is 39.3 Å². The monoisotopic (exact) mass is 533 g/mol. The first-order chi connectivity index (χ1) is 18.4. The molecule has 192 valence electrons. The largest absolute Gasteiger partial charge is 0.266 e. The van der Waals surface area contributed by atoms with Crippen molar-refractivity contribution >= 4 is 37.2 Å². The Morgan fingerprint density at radius 2 is 1.00 bits per heavy atom. The summed E-state index contributed by atoms with van der Waals surface area (Å²) in [6, 6.07) is 44.7. The molecule has 2 atom stereocenters. The molecule has 0 radical (unpaired) electrons. The maximum atomic E-state index is 2.81. The summed E-state index contributed by atoms with van der Waals surface area (Å²) < 4.78 is 2.81. The van der Waals surface area contributed by atoms with E-state index < -0.39 is 16.0 Å². The third-order valence-corrected chi connectivity index (χ3v) is 12.6. The Kier molecular flexibility index (Phi) is 8.40. The van der Waals surface area contributed by atoms with Crippen molar-refractivity contribution in [3.05, 3.63) is 145 Å². The molecule has 0 saturated carbocycles. The van der Waals surface area contributed by atoms with Gasteiger partial charge in [-0.05, 0) is 62.1 Å². The van der Waals surface area contributed by atoms with Gasteiger partial charge in [0, 0.05) is 25.6 Å². The van der Waals surface area contributed by atoms with Crippen LogP contribution in [0.15, 0.2) is 145 Å². The molecule has 0 aromatic heterocycles. The van der Waals surface area contributed by atoms with Crippen molar-refractivity contribution in [3.8, 4) is 0 Å². The summed E-state index contributed by atoms with van der Waals surface area (Å²) in [5.41, 5.74) is -0.0272. The Hall–Kier alpha value is -2.82. The van der Waals surface area contributed by atoms with Gasteiger partial charge >= 0.3 is 0 Å². The quantitative estimate of drug-likeness (QED) is 0.210. The van der Waals surface area contributed by atoms with Gasteiger partial charge in [0.15, 0.2) is 0 Å². The van der Waals surface area contributed by atoms with Crippen LogP contribution < -0.4 is 21.2 Å². The molecular formula is C35H37NP2. The van der Waals surface area contributed by atoms with Crippen molar-refractivity contribution < 1.29 is 0 Å². The normalized spacial score (nSPS) is 16.3.